The molecule has 0 unspecified atom stereocenters. The van der Waals surface area contributed by atoms with E-state index >= 15 is 0 Å². The van der Waals surface area contributed by atoms with Gasteiger partial charge in [-0.05, 0) is 29.0 Å². The standard InChI is InChI=1S/C14H22O2/c1-5-11-6-7-13(16-9-8-15)12(10-11)14(2,3)4/h6-7,10,15H,5,8-9H2,1-4H3. The molecule has 0 aromatic heterocycles. The van der Waals surface area contributed by atoms with E-state index in [0.717, 1.165) is 12.2 Å². The Morgan fingerprint density at radius 2 is 1.94 bits per heavy atom. The summed E-state index contributed by atoms with van der Waals surface area (Å²) in [4.78, 5) is 0. The second-order valence-corrected chi connectivity index (χ2v) is 5.01. The average molecular weight is 222 g/mol. The number of hydrogen-bond donors (Lipinski definition) is 1. The van der Waals surface area contributed by atoms with E-state index < -0.39 is 0 Å². The number of aliphatic hydroxyl groups excluding tert-OH is 1. The molecule has 1 aromatic rings. The summed E-state index contributed by atoms with van der Waals surface area (Å²) in [5, 5.41) is 8.80. The summed E-state index contributed by atoms with van der Waals surface area (Å²) < 4.78 is 5.56. The van der Waals surface area contributed by atoms with E-state index in [-0.39, 0.29) is 12.0 Å². The summed E-state index contributed by atoms with van der Waals surface area (Å²) in [5.74, 6) is 0.888. The maximum atomic E-state index is 8.80. The van der Waals surface area contributed by atoms with Gasteiger partial charge in [-0.15, -0.1) is 0 Å². The van der Waals surface area contributed by atoms with Gasteiger partial charge in [0.05, 0.1) is 6.61 Å². The normalized spacial score (nSPS) is 11.6. The number of benzene rings is 1. The van der Waals surface area contributed by atoms with Gasteiger partial charge in [-0.25, -0.2) is 0 Å². The molecule has 0 saturated heterocycles. The molecule has 90 valence electrons. The smallest absolute Gasteiger partial charge is 0.123 e. The van der Waals surface area contributed by atoms with Crippen LogP contribution in [0.1, 0.15) is 38.8 Å². The van der Waals surface area contributed by atoms with E-state index in [1.54, 1.807) is 0 Å². The molecule has 0 bridgehead atoms. The Morgan fingerprint density at radius 1 is 1.25 bits per heavy atom. The Hall–Kier alpha value is -1.02. The molecule has 2 nitrogen and oxygen atoms in total. The van der Waals surface area contributed by atoms with Crippen LogP contribution >= 0.6 is 0 Å². The molecular formula is C14H22O2. The predicted octanol–water partition coefficient (Wildman–Crippen LogP) is 2.92. The molecule has 0 atom stereocenters. The van der Waals surface area contributed by atoms with Crippen LogP contribution in [0.2, 0.25) is 0 Å². The van der Waals surface area contributed by atoms with Crippen molar-refractivity contribution in [3.8, 4) is 5.75 Å². The molecule has 0 aliphatic carbocycles. The second-order valence-electron chi connectivity index (χ2n) is 5.01. The van der Waals surface area contributed by atoms with Gasteiger partial charge < -0.3 is 9.84 Å². The molecule has 0 amide bonds. The first-order valence-electron chi connectivity index (χ1n) is 5.86. The van der Waals surface area contributed by atoms with E-state index in [2.05, 4.69) is 39.8 Å². The summed E-state index contributed by atoms with van der Waals surface area (Å²) in [7, 11) is 0. The summed E-state index contributed by atoms with van der Waals surface area (Å²) >= 11 is 0. The van der Waals surface area contributed by atoms with Gasteiger partial charge in [-0.2, -0.15) is 0 Å². The highest BCUT2D eigenvalue weighted by atomic mass is 16.5. The Labute approximate surface area is 98.3 Å². The minimum Gasteiger partial charge on any atom is -0.491 e. The molecule has 0 radical (unpaired) electrons. The third kappa shape index (κ3) is 3.24. The van der Waals surface area contributed by atoms with Crippen molar-refractivity contribution >= 4 is 0 Å². The van der Waals surface area contributed by atoms with Crippen LogP contribution in [-0.4, -0.2) is 18.3 Å². The predicted molar refractivity (Wildman–Crippen MR) is 67.1 cm³/mol. The van der Waals surface area contributed by atoms with Crippen molar-refractivity contribution in [2.45, 2.75) is 39.5 Å². The molecule has 1 rings (SSSR count). The van der Waals surface area contributed by atoms with Crippen molar-refractivity contribution in [3.05, 3.63) is 29.3 Å². The number of rotatable bonds is 4. The zero-order valence-electron chi connectivity index (χ0n) is 10.7. The van der Waals surface area contributed by atoms with Crippen molar-refractivity contribution in [2.24, 2.45) is 0 Å². The fraction of sp³-hybridized carbons (Fsp3) is 0.571. The van der Waals surface area contributed by atoms with Crippen LogP contribution in [-0.2, 0) is 11.8 Å². The number of aryl methyl sites for hydroxylation is 1. The second kappa shape index (κ2) is 5.35. The van der Waals surface area contributed by atoms with E-state index in [9.17, 15) is 0 Å². The van der Waals surface area contributed by atoms with Gasteiger partial charge in [0.1, 0.15) is 12.4 Å². The molecule has 1 aromatic carbocycles. The minimum atomic E-state index is 0.0547. The highest BCUT2D eigenvalue weighted by Crippen LogP contribution is 2.32. The molecule has 0 heterocycles. The molecule has 0 aliphatic rings. The third-order valence-electron chi connectivity index (χ3n) is 2.61. The zero-order chi connectivity index (χ0) is 12.2. The largest absolute Gasteiger partial charge is 0.491 e. The van der Waals surface area contributed by atoms with E-state index in [0.29, 0.717) is 6.61 Å². The zero-order valence-corrected chi connectivity index (χ0v) is 10.7. The molecule has 0 aliphatic heterocycles. The van der Waals surface area contributed by atoms with Crippen LogP contribution in [0.4, 0.5) is 0 Å². The average Bonchev–Trinajstić information content (AvgIpc) is 2.25. The van der Waals surface area contributed by atoms with Gasteiger partial charge in [-0.3, -0.25) is 0 Å². The van der Waals surface area contributed by atoms with Gasteiger partial charge in [0, 0.05) is 0 Å². The van der Waals surface area contributed by atoms with Crippen molar-refractivity contribution in [2.75, 3.05) is 13.2 Å². The van der Waals surface area contributed by atoms with Crippen LogP contribution in [0.5, 0.6) is 5.75 Å². The fourth-order valence-electron chi connectivity index (χ4n) is 1.66. The van der Waals surface area contributed by atoms with Gasteiger partial charge in [-0.1, -0.05) is 39.8 Å². The summed E-state index contributed by atoms with van der Waals surface area (Å²) in [6.45, 7) is 9.08. The Morgan fingerprint density at radius 3 is 2.44 bits per heavy atom. The number of hydrogen-bond acceptors (Lipinski definition) is 2. The lowest BCUT2D eigenvalue weighted by Crippen LogP contribution is -2.15. The summed E-state index contributed by atoms with van der Waals surface area (Å²) in [5.41, 5.74) is 2.59. The molecule has 0 fully saturated rings. The number of aliphatic hydroxyl groups is 1. The first kappa shape index (κ1) is 13.0. The summed E-state index contributed by atoms with van der Waals surface area (Å²) in [6, 6.07) is 6.30. The lowest BCUT2D eigenvalue weighted by Gasteiger charge is -2.23. The fourth-order valence-corrected chi connectivity index (χ4v) is 1.66. The van der Waals surface area contributed by atoms with Crippen LogP contribution in [0, 0.1) is 0 Å². The first-order chi connectivity index (χ1) is 7.49. The Balaban J connectivity index is 3.06. The van der Waals surface area contributed by atoms with Crippen LogP contribution in [0.25, 0.3) is 0 Å². The monoisotopic (exact) mass is 222 g/mol. The highest BCUT2D eigenvalue weighted by Gasteiger charge is 2.19. The van der Waals surface area contributed by atoms with Crippen LogP contribution in [0.15, 0.2) is 18.2 Å². The molecule has 1 N–H and O–H groups in total. The van der Waals surface area contributed by atoms with Crippen molar-refractivity contribution in [3.63, 3.8) is 0 Å². The molecule has 2 heteroatoms. The van der Waals surface area contributed by atoms with Gasteiger partial charge in [0.25, 0.3) is 0 Å². The van der Waals surface area contributed by atoms with Crippen molar-refractivity contribution in [1.29, 1.82) is 0 Å². The maximum Gasteiger partial charge on any atom is 0.123 e. The van der Waals surface area contributed by atoms with Gasteiger partial charge >= 0.3 is 0 Å². The Bertz CT molecular complexity index is 337. The molecular weight excluding hydrogens is 200 g/mol. The van der Waals surface area contributed by atoms with E-state index in [1.165, 1.54) is 11.1 Å². The molecule has 0 saturated carbocycles. The maximum absolute atomic E-state index is 8.80. The molecule has 0 spiro atoms. The van der Waals surface area contributed by atoms with Gasteiger partial charge in [0.2, 0.25) is 0 Å². The quantitative estimate of drug-likeness (QED) is 0.848. The van der Waals surface area contributed by atoms with E-state index in [1.807, 2.05) is 6.07 Å². The lowest BCUT2D eigenvalue weighted by atomic mass is 9.85. The lowest BCUT2D eigenvalue weighted by molar-refractivity contribution is 0.199. The van der Waals surface area contributed by atoms with Crippen LogP contribution < -0.4 is 4.74 Å². The first-order valence-corrected chi connectivity index (χ1v) is 5.86. The SMILES string of the molecule is CCc1ccc(OCCO)c(C(C)(C)C)c1. The summed E-state index contributed by atoms with van der Waals surface area (Å²) in [6.07, 6.45) is 1.03. The Kier molecular flexibility index (Phi) is 4.36. The van der Waals surface area contributed by atoms with E-state index in [4.69, 9.17) is 9.84 Å². The number of ether oxygens (including phenoxy) is 1. The highest BCUT2D eigenvalue weighted by molar-refractivity contribution is 5.41. The third-order valence-corrected chi connectivity index (χ3v) is 2.61. The topological polar surface area (TPSA) is 29.5 Å². The van der Waals surface area contributed by atoms with Gasteiger partial charge in [0.15, 0.2) is 0 Å². The van der Waals surface area contributed by atoms with Crippen molar-refractivity contribution in [1.82, 2.24) is 0 Å². The van der Waals surface area contributed by atoms with Crippen molar-refractivity contribution < 1.29 is 9.84 Å². The molecule has 16 heavy (non-hydrogen) atoms. The van der Waals surface area contributed by atoms with Crippen LogP contribution in [0.3, 0.4) is 0 Å². The minimum absolute atomic E-state index is 0.0547.